The summed E-state index contributed by atoms with van der Waals surface area (Å²) in [5.41, 5.74) is 39.3. The first-order chi connectivity index (χ1) is 71.1. The third-order valence-corrected chi connectivity index (χ3v) is 27.3. The summed E-state index contributed by atoms with van der Waals surface area (Å²) in [6.07, 6.45) is 2.52. The Morgan fingerprint density at radius 1 is 0.447 bits per heavy atom. The highest BCUT2D eigenvalue weighted by Gasteiger charge is 2.50. The molecule has 55 heteroatoms. The van der Waals surface area contributed by atoms with Gasteiger partial charge in [0, 0.05) is 90.9 Å². The fourth-order valence-electron chi connectivity index (χ4n) is 19.4. The maximum absolute atomic E-state index is 15.4. The lowest BCUT2D eigenvalue weighted by molar-refractivity contribution is -0.149. The minimum absolute atomic E-state index is 0.00747. The van der Waals surface area contributed by atoms with Gasteiger partial charge in [-0.15, -0.1) is 0 Å². The van der Waals surface area contributed by atoms with E-state index < -0.39 is 283 Å². The molecule has 6 fully saturated rings. The van der Waals surface area contributed by atoms with Gasteiger partial charge in [-0.2, -0.15) is 0 Å². The topological polar surface area (TPSA) is 860 Å². The lowest BCUT2D eigenvalue weighted by Gasteiger charge is -2.35. The van der Waals surface area contributed by atoms with E-state index in [2.05, 4.69) is 79.1 Å². The lowest BCUT2D eigenvalue weighted by atomic mass is 9.96. The number of imidazole rings is 1. The van der Waals surface area contributed by atoms with Gasteiger partial charge in [0.25, 0.3) is 0 Å². The van der Waals surface area contributed by atoms with Gasteiger partial charge in [-0.3, -0.25) is 112 Å². The molecule has 20 amide bonds. The quantitative estimate of drug-likeness (QED) is 0.0166. The minimum atomic E-state index is -1.81. The molecule has 6 saturated heterocycles. The number of nitrogens with one attached hydrogen (secondary N) is 17. The van der Waals surface area contributed by atoms with Gasteiger partial charge >= 0.3 is 5.97 Å². The number of benzene rings is 1. The first-order valence-electron chi connectivity index (χ1n) is 51.0. The Labute approximate surface area is 867 Å². The molecule has 6 aliphatic heterocycles. The number of carbonyl (C=O) groups excluding carboxylic acids is 20. The SMILES string of the molecule is CC[C@H](C)[C@H](NC(=O)[C@H](Cc1ccc(O)cc1)NC(=O)[C@@H](NC(=O)[C@@H]1CCCN1C(=O)CN(CCCNC(=N)N)C(=O)[C@H](CC(N)=O)NC(=O)[C@H](CC(N)=O)NC(=O)CN)C(C)C)C(=O)N1CCC[C@H]1C(=O)N[C@@H](CCC(N)=O)C(=O)N1CCC[C@H]1C(=O)N[C@@H](CCCNC(=N)N)C(=O)N1CCC[C@H]1C(=O)N1CCC[C@H]1C(=O)N[C@@H](Cc1c[nH]cn1)C(=O)N1CCC[C@H]1C(=O)N[C@@H](CCCNC(=N)N)C(=O)N[C@@H](CC(C)C)C(=O)O. The molecule has 55 nitrogen and oxygen atoms in total. The van der Waals surface area contributed by atoms with Gasteiger partial charge in [0.1, 0.15) is 102 Å². The number of amides is 20. The van der Waals surface area contributed by atoms with Gasteiger partial charge in [-0.1, -0.05) is 60.1 Å². The Kier molecular flexibility index (Phi) is 46.4. The molecule has 17 atom stereocenters. The molecule has 0 unspecified atom stereocenters. The number of nitrogens with zero attached hydrogens (tertiary/aromatic N) is 8. The molecule has 7 heterocycles. The molecular formula is C95H150N32O23. The van der Waals surface area contributed by atoms with Crippen LogP contribution in [-0.4, -0.2) is 372 Å². The molecule has 0 radical (unpaired) electrons. The summed E-state index contributed by atoms with van der Waals surface area (Å²) >= 11 is 0. The number of phenolic OH excluding ortho intramolecular Hbond substituents is 1. The normalized spacial score (nSPS) is 19.5. The number of hydrogen-bond donors (Lipinski definition) is 26. The van der Waals surface area contributed by atoms with Crippen LogP contribution in [0.15, 0.2) is 36.8 Å². The molecule has 150 heavy (non-hydrogen) atoms. The van der Waals surface area contributed by atoms with Gasteiger partial charge in [0.15, 0.2) is 17.9 Å². The van der Waals surface area contributed by atoms with Crippen molar-refractivity contribution in [3.8, 4) is 5.75 Å². The molecular weight excluding hydrogens is 1960 g/mol. The Hall–Kier alpha value is -15.1. The third-order valence-electron chi connectivity index (χ3n) is 27.3. The third kappa shape index (κ3) is 35.3. The Morgan fingerprint density at radius 2 is 0.867 bits per heavy atom. The molecule has 1 aromatic carbocycles. The Morgan fingerprint density at radius 3 is 1.35 bits per heavy atom. The van der Waals surface area contributed by atoms with Crippen LogP contribution < -0.4 is 109 Å². The molecule has 2 aromatic rings. The van der Waals surface area contributed by atoms with E-state index in [0.717, 1.165) is 9.80 Å². The van der Waals surface area contributed by atoms with Crippen LogP contribution in [0.1, 0.15) is 200 Å². The first kappa shape index (κ1) is 120. The van der Waals surface area contributed by atoms with E-state index in [9.17, 15) is 77.3 Å². The smallest absolute Gasteiger partial charge is 0.326 e. The van der Waals surface area contributed by atoms with E-state index in [1.807, 2.05) is 0 Å². The number of nitrogens with two attached hydrogens (primary N) is 7. The number of carbonyl (C=O) groups is 21. The molecule has 33 N–H and O–H groups in total. The number of H-pyrrole nitrogens is 1. The summed E-state index contributed by atoms with van der Waals surface area (Å²) in [6.45, 7) is 8.51. The minimum Gasteiger partial charge on any atom is -0.508 e. The average Bonchev–Trinajstić information content (AvgIpc) is 1.64. The van der Waals surface area contributed by atoms with Crippen LogP contribution in [0.4, 0.5) is 0 Å². The van der Waals surface area contributed by atoms with Crippen molar-refractivity contribution >= 4 is 142 Å². The number of aromatic nitrogens is 2. The molecule has 8 rings (SSSR count). The fourth-order valence-corrected chi connectivity index (χ4v) is 19.4. The standard InChI is InChI=1S/C95H150N32O23/c1-7-52(6)76(120-79(136)59(42-53-25-27-55(128)28-26-53)115-85(142)75(51(4)5)119-84(141)64-19-10-35-122(64)74(133)48-121(34-16-33-109-95(104)105)86(143)62(45-72(99)131)116-78(135)60(44-71(98)130)111-73(132)46-96)91(148)126-39-14-23-68(126)82(139)114-58(29-30-70(97)129)88(145)123-36-11-21-66(123)81(138)113-57(18-9-32-108-94(102)103)87(144)127-40-15-24-69(127)90(147)125-38-13-22-67(125)83(140)117-61(43-54-47-106-49-110-54)89(146)124-37-12-20-65(124)80(137)112-56(17-8-31-107-93(100)101)77(134)118-63(92(149)150)41-50(2)3/h25-28,47,49-52,56-69,75-76,128H,7-24,29-46,48,96H2,1-6H3,(H2,97,129)(H2,98,130)(H2,99,131)(H,106,110)(H,111,132)(H,112,137)(H,113,138)(H,114,139)(H,115,142)(H,116,135)(H,117,140)(H,118,134)(H,119,141)(H,120,136)(H,149,150)(H4,100,101,107)(H4,102,103,108)(H4,104,105,109)/t52-,56-,57-,58-,59-,60-,61-,62-,63-,64-,65-,66-,67-,68-,69-,75-,76-/m0/s1. The molecule has 0 saturated carbocycles. The van der Waals surface area contributed by atoms with Crippen LogP contribution in [0.3, 0.4) is 0 Å². The van der Waals surface area contributed by atoms with Gasteiger partial charge in [0.2, 0.25) is 118 Å². The van der Waals surface area contributed by atoms with Crippen LogP contribution in [-0.2, 0) is 114 Å². The largest absolute Gasteiger partial charge is 0.508 e. The highest BCUT2D eigenvalue weighted by atomic mass is 16.4. The van der Waals surface area contributed by atoms with Gasteiger partial charge in [-0.25, -0.2) is 9.78 Å². The maximum atomic E-state index is 15.4. The Bertz CT molecular complexity index is 5170. The van der Waals surface area contributed by atoms with Crippen molar-refractivity contribution < 1.29 is 111 Å². The predicted molar refractivity (Wildman–Crippen MR) is 538 cm³/mol. The van der Waals surface area contributed by atoms with Crippen molar-refractivity contribution in [3.63, 3.8) is 0 Å². The Balaban J connectivity index is 0.951. The van der Waals surface area contributed by atoms with E-state index in [0.29, 0.717) is 30.5 Å². The van der Waals surface area contributed by atoms with Crippen molar-refractivity contribution in [1.82, 2.24) is 113 Å². The molecule has 0 bridgehead atoms. The maximum Gasteiger partial charge on any atom is 0.326 e. The number of phenols is 1. The zero-order valence-corrected chi connectivity index (χ0v) is 85.7. The summed E-state index contributed by atoms with van der Waals surface area (Å²) in [4.78, 5) is 314. The van der Waals surface area contributed by atoms with E-state index in [4.69, 9.17) is 56.4 Å². The second-order valence-electron chi connectivity index (χ2n) is 39.4. The number of aliphatic carboxylic acids is 1. The number of guanidine groups is 3. The summed E-state index contributed by atoms with van der Waals surface area (Å²) in [5.74, 6) is -21.3. The number of rotatable bonds is 57. The summed E-state index contributed by atoms with van der Waals surface area (Å²) in [6, 6.07) is -16.7. The number of likely N-dealkylation sites (tertiary alicyclic amines) is 6. The molecule has 1 aromatic heterocycles. The molecule has 0 spiro atoms. The number of aromatic hydroxyl groups is 1. The second kappa shape index (κ2) is 58.0. The number of aromatic amines is 1. The molecule has 828 valence electrons. The predicted octanol–water partition coefficient (Wildman–Crippen LogP) is -8.27. The average molecular weight is 2110 g/mol. The van der Waals surface area contributed by atoms with Crippen molar-refractivity contribution in [3.05, 3.63) is 48.0 Å². The zero-order valence-electron chi connectivity index (χ0n) is 85.7. The number of hydrogen-bond acceptors (Lipinski definition) is 27. The van der Waals surface area contributed by atoms with E-state index in [1.165, 1.54) is 61.3 Å². The second-order valence-corrected chi connectivity index (χ2v) is 39.4. The summed E-state index contributed by atoms with van der Waals surface area (Å²) in [5, 5.41) is 77.6. The van der Waals surface area contributed by atoms with Crippen LogP contribution in [0, 0.1) is 34.0 Å². The zero-order chi connectivity index (χ0) is 111. The molecule has 6 aliphatic rings. The van der Waals surface area contributed by atoms with Crippen LogP contribution >= 0.6 is 0 Å². The summed E-state index contributed by atoms with van der Waals surface area (Å²) in [7, 11) is 0. The van der Waals surface area contributed by atoms with Crippen molar-refractivity contribution in [2.45, 2.75) is 299 Å². The molecule has 0 aliphatic carbocycles. The van der Waals surface area contributed by atoms with E-state index in [1.54, 1.807) is 41.5 Å². The van der Waals surface area contributed by atoms with Crippen molar-refractivity contribution in [2.24, 2.45) is 57.9 Å². The van der Waals surface area contributed by atoms with E-state index >= 15 is 33.6 Å². The number of carboxylic acid groups (broad SMARTS) is 1. The van der Waals surface area contributed by atoms with Gasteiger partial charge in [0.05, 0.1) is 38.0 Å². The number of primary amides is 3. The van der Waals surface area contributed by atoms with E-state index in [-0.39, 0.29) is 199 Å². The van der Waals surface area contributed by atoms with Crippen molar-refractivity contribution in [1.29, 1.82) is 16.2 Å². The van der Waals surface area contributed by atoms with Gasteiger partial charge < -0.3 is 159 Å². The van der Waals surface area contributed by atoms with Crippen LogP contribution in [0.25, 0.3) is 0 Å². The van der Waals surface area contributed by atoms with Gasteiger partial charge in [-0.05, 0) is 157 Å². The fraction of sp³-hybridized carbons (Fsp3) is 0.653. The van der Waals surface area contributed by atoms with Crippen LogP contribution in [0.5, 0.6) is 5.75 Å². The first-order valence-corrected chi connectivity index (χ1v) is 51.0. The number of carboxylic acids is 1. The monoisotopic (exact) mass is 2110 g/mol. The highest BCUT2D eigenvalue weighted by molar-refractivity contribution is 6.03. The summed E-state index contributed by atoms with van der Waals surface area (Å²) < 4.78 is 0. The van der Waals surface area contributed by atoms with Crippen LogP contribution in [0.2, 0.25) is 0 Å². The lowest BCUT2D eigenvalue weighted by Crippen LogP contribution is -2.61. The highest BCUT2D eigenvalue weighted by Crippen LogP contribution is 2.31. The van der Waals surface area contributed by atoms with Crippen molar-refractivity contribution in [2.75, 3.05) is 78.5 Å².